The third-order valence-electron chi connectivity index (χ3n) is 3.19. The maximum absolute atomic E-state index is 12.1. The van der Waals surface area contributed by atoms with E-state index in [-0.39, 0.29) is 17.0 Å². The van der Waals surface area contributed by atoms with Crippen LogP contribution in [0.1, 0.15) is 25.8 Å². The molecule has 6 heteroatoms. The third-order valence-corrected chi connectivity index (χ3v) is 3.19. The lowest BCUT2D eigenvalue weighted by molar-refractivity contribution is 0.318. The topological polar surface area (TPSA) is 94.0 Å². The van der Waals surface area contributed by atoms with E-state index in [1.807, 2.05) is 38.1 Å². The first-order valence-corrected chi connectivity index (χ1v) is 7.27. The average molecular weight is 300 g/mol. The number of aryl methyl sites for hydroxylation is 1. The lowest BCUT2D eigenvalue weighted by atomic mass is 10.1. The largest absolute Gasteiger partial charge is 0.493 e. The van der Waals surface area contributed by atoms with Crippen molar-refractivity contribution in [3.05, 3.63) is 46.2 Å². The molecular weight excluding hydrogens is 280 g/mol. The van der Waals surface area contributed by atoms with Crippen LogP contribution in [0.3, 0.4) is 0 Å². The summed E-state index contributed by atoms with van der Waals surface area (Å²) in [6.45, 7) is 4.86. The Balaban J connectivity index is 2.60. The van der Waals surface area contributed by atoms with Crippen molar-refractivity contribution >= 4 is 5.84 Å². The maximum Gasteiger partial charge on any atom is 0.277 e. The van der Waals surface area contributed by atoms with Crippen LogP contribution < -0.4 is 16.0 Å². The van der Waals surface area contributed by atoms with E-state index in [2.05, 4.69) is 5.10 Å². The standard InChI is InChI=1S/C16H20N4O2/c1-3-9-22-14-8-6-5-7-11(14)13-10-12(15(17)18)16(21)20(4-2)19-13/h5-8,10H,3-4,9H2,1-2H3,(H3,17,18). The number of hydrogen-bond donors (Lipinski definition) is 2. The number of nitrogen functional groups attached to an aromatic ring is 1. The Hall–Kier alpha value is -2.63. The van der Waals surface area contributed by atoms with Gasteiger partial charge in [-0.05, 0) is 31.5 Å². The van der Waals surface area contributed by atoms with Gasteiger partial charge in [0.15, 0.2) is 0 Å². The number of rotatable bonds is 6. The molecule has 0 atom stereocenters. The monoisotopic (exact) mass is 300 g/mol. The number of nitrogens with two attached hydrogens (primary N) is 1. The highest BCUT2D eigenvalue weighted by Crippen LogP contribution is 2.28. The Kier molecular flexibility index (Phi) is 4.93. The predicted molar refractivity (Wildman–Crippen MR) is 86.4 cm³/mol. The molecule has 0 bridgehead atoms. The first-order valence-electron chi connectivity index (χ1n) is 7.27. The number of amidine groups is 1. The minimum atomic E-state index is -0.356. The molecule has 0 fully saturated rings. The first kappa shape index (κ1) is 15.8. The van der Waals surface area contributed by atoms with Gasteiger partial charge in [0, 0.05) is 12.1 Å². The maximum atomic E-state index is 12.1. The van der Waals surface area contributed by atoms with Gasteiger partial charge in [0.1, 0.15) is 11.6 Å². The molecule has 0 unspecified atom stereocenters. The molecule has 6 nitrogen and oxygen atoms in total. The van der Waals surface area contributed by atoms with Crippen molar-refractivity contribution in [2.45, 2.75) is 26.8 Å². The van der Waals surface area contributed by atoms with Gasteiger partial charge in [-0.2, -0.15) is 5.10 Å². The van der Waals surface area contributed by atoms with E-state index in [9.17, 15) is 4.79 Å². The molecule has 0 saturated carbocycles. The zero-order valence-corrected chi connectivity index (χ0v) is 12.8. The Labute approximate surface area is 129 Å². The van der Waals surface area contributed by atoms with Crippen molar-refractivity contribution in [1.29, 1.82) is 5.41 Å². The normalized spacial score (nSPS) is 10.5. The Morgan fingerprint density at radius 3 is 2.73 bits per heavy atom. The molecule has 0 spiro atoms. The minimum absolute atomic E-state index is 0.150. The van der Waals surface area contributed by atoms with Crippen LogP contribution in [0.15, 0.2) is 35.1 Å². The minimum Gasteiger partial charge on any atom is -0.493 e. The molecule has 2 rings (SSSR count). The molecule has 0 aliphatic carbocycles. The van der Waals surface area contributed by atoms with Gasteiger partial charge in [-0.3, -0.25) is 10.2 Å². The lowest BCUT2D eigenvalue weighted by Crippen LogP contribution is -2.31. The molecule has 0 aliphatic heterocycles. The molecule has 1 aromatic heterocycles. The summed E-state index contributed by atoms with van der Waals surface area (Å²) in [5, 5.41) is 11.9. The zero-order valence-electron chi connectivity index (χ0n) is 12.8. The molecule has 1 heterocycles. The molecule has 1 aromatic carbocycles. The fourth-order valence-electron chi connectivity index (χ4n) is 2.10. The fourth-order valence-corrected chi connectivity index (χ4v) is 2.10. The number of nitrogens with zero attached hydrogens (tertiary/aromatic N) is 2. The van der Waals surface area contributed by atoms with Crippen LogP contribution in [0.5, 0.6) is 5.75 Å². The number of ether oxygens (including phenoxy) is 1. The van der Waals surface area contributed by atoms with Crippen LogP contribution in [-0.2, 0) is 6.54 Å². The van der Waals surface area contributed by atoms with Gasteiger partial charge in [-0.15, -0.1) is 0 Å². The van der Waals surface area contributed by atoms with Crippen LogP contribution >= 0.6 is 0 Å². The summed E-state index contributed by atoms with van der Waals surface area (Å²) in [4.78, 5) is 12.1. The highest BCUT2D eigenvalue weighted by atomic mass is 16.5. The van der Waals surface area contributed by atoms with Crippen LogP contribution in [0.2, 0.25) is 0 Å². The van der Waals surface area contributed by atoms with Gasteiger partial charge in [0.05, 0.1) is 17.9 Å². The molecule has 0 radical (unpaired) electrons. The summed E-state index contributed by atoms with van der Waals surface area (Å²) in [6.07, 6.45) is 0.898. The van der Waals surface area contributed by atoms with E-state index in [0.29, 0.717) is 24.6 Å². The van der Waals surface area contributed by atoms with Crippen molar-refractivity contribution < 1.29 is 4.74 Å². The van der Waals surface area contributed by atoms with E-state index < -0.39 is 0 Å². The van der Waals surface area contributed by atoms with Crippen LogP contribution in [0.25, 0.3) is 11.3 Å². The van der Waals surface area contributed by atoms with Crippen molar-refractivity contribution in [3.63, 3.8) is 0 Å². The van der Waals surface area contributed by atoms with Crippen LogP contribution in [0, 0.1) is 5.41 Å². The molecule has 2 aromatic rings. The SMILES string of the molecule is CCCOc1ccccc1-c1cc(C(=N)N)c(=O)n(CC)n1. The Bertz CT molecular complexity index is 737. The second-order valence-electron chi connectivity index (χ2n) is 4.82. The summed E-state index contributed by atoms with van der Waals surface area (Å²) < 4.78 is 7.04. The number of nitrogens with one attached hydrogen (secondary N) is 1. The number of hydrogen-bond acceptors (Lipinski definition) is 4. The second kappa shape index (κ2) is 6.89. The molecule has 22 heavy (non-hydrogen) atoms. The molecular formula is C16H20N4O2. The quantitative estimate of drug-likeness (QED) is 0.630. The molecule has 0 amide bonds. The summed E-state index contributed by atoms with van der Waals surface area (Å²) in [6, 6.07) is 9.05. The molecule has 3 N–H and O–H groups in total. The van der Waals surface area contributed by atoms with Gasteiger partial charge in [0.2, 0.25) is 0 Å². The van der Waals surface area contributed by atoms with Gasteiger partial charge in [-0.25, -0.2) is 4.68 Å². The second-order valence-corrected chi connectivity index (χ2v) is 4.82. The Morgan fingerprint density at radius 2 is 2.09 bits per heavy atom. The van der Waals surface area contributed by atoms with Crippen molar-refractivity contribution in [2.24, 2.45) is 5.73 Å². The van der Waals surface area contributed by atoms with Crippen molar-refractivity contribution in [2.75, 3.05) is 6.61 Å². The van der Waals surface area contributed by atoms with Gasteiger partial charge in [-0.1, -0.05) is 19.1 Å². The summed E-state index contributed by atoms with van der Waals surface area (Å²) in [5.41, 5.74) is 6.65. The highest BCUT2D eigenvalue weighted by molar-refractivity contribution is 5.95. The first-order chi connectivity index (χ1) is 10.6. The van der Waals surface area contributed by atoms with Crippen LogP contribution in [-0.4, -0.2) is 22.2 Å². The molecule has 0 saturated heterocycles. The number of para-hydroxylation sites is 1. The fraction of sp³-hybridized carbons (Fsp3) is 0.312. The molecule has 116 valence electrons. The van der Waals surface area contributed by atoms with Gasteiger partial charge < -0.3 is 10.5 Å². The van der Waals surface area contributed by atoms with Gasteiger partial charge in [0.25, 0.3) is 5.56 Å². The van der Waals surface area contributed by atoms with E-state index in [1.54, 1.807) is 6.07 Å². The van der Waals surface area contributed by atoms with E-state index in [1.165, 1.54) is 4.68 Å². The van der Waals surface area contributed by atoms with Crippen molar-refractivity contribution in [3.8, 4) is 17.0 Å². The summed E-state index contributed by atoms with van der Waals surface area (Å²) in [7, 11) is 0. The summed E-state index contributed by atoms with van der Waals surface area (Å²) in [5.74, 6) is 0.440. The lowest BCUT2D eigenvalue weighted by Gasteiger charge is -2.12. The van der Waals surface area contributed by atoms with E-state index in [0.717, 1.165) is 12.0 Å². The van der Waals surface area contributed by atoms with E-state index in [4.69, 9.17) is 15.9 Å². The summed E-state index contributed by atoms with van der Waals surface area (Å²) >= 11 is 0. The number of aromatic nitrogens is 2. The van der Waals surface area contributed by atoms with Gasteiger partial charge >= 0.3 is 0 Å². The average Bonchev–Trinajstić information content (AvgIpc) is 2.53. The third kappa shape index (κ3) is 3.16. The Morgan fingerprint density at radius 1 is 1.36 bits per heavy atom. The van der Waals surface area contributed by atoms with E-state index >= 15 is 0 Å². The number of benzene rings is 1. The van der Waals surface area contributed by atoms with Crippen molar-refractivity contribution in [1.82, 2.24) is 9.78 Å². The van der Waals surface area contributed by atoms with Crippen LogP contribution in [0.4, 0.5) is 0 Å². The molecule has 0 aliphatic rings. The highest BCUT2D eigenvalue weighted by Gasteiger charge is 2.14. The predicted octanol–water partition coefficient (Wildman–Crippen LogP) is 2.00. The smallest absolute Gasteiger partial charge is 0.277 e. The zero-order chi connectivity index (χ0) is 16.1.